The summed E-state index contributed by atoms with van der Waals surface area (Å²) in [6, 6.07) is 14.4. The van der Waals surface area contributed by atoms with Crippen molar-refractivity contribution in [3.05, 3.63) is 54.1 Å². The Hall–Kier alpha value is -2.82. The van der Waals surface area contributed by atoms with Crippen LogP contribution >= 0.6 is 0 Å². The van der Waals surface area contributed by atoms with E-state index in [-0.39, 0.29) is 6.67 Å². The number of benzene rings is 2. The van der Waals surface area contributed by atoms with Crippen LogP contribution in [0.5, 0.6) is 5.75 Å². The van der Waals surface area contributed by atoms with E-state index >= 15 is 0 Å². The topological polar surface area (TPSA) is 58.6 Å². The zero-order valence-corrected chi connectivity index (χ0v) is 11.5. The van der Waals surface area contributed by atoms with Crippen LogP contribution in [0.3, 0.4) is 0 Å². The van der Waals surface area contributed by atoms with E-state index in [0.717, 1.165) is 11.4 Å². The van der Waals surface area contributed by atoms with Gasteiger partial charge in [-0.05, 0) is 24.3 Å². The van der Waals surface area contributed by atoms with Crippen molar-refractivity contribution in [3.63, 3.8) is 0 Å². The minimum absolute atomic E-state index is 0.231. The molecule has 0 saturated carbocycles. The third-order valence-corrected chi connectivity index (χ3v) is 3.39. The Morgan fingerprint density at radius 2 is 1.90 bits per heavy atom. The van der Waals surface area contributed by atoms with Crippen LogP contribution in [0.4, 0.5) is 11.4 Å². The molecule has 0 bridgehead atoms. The number of amides is 1. The first-order chi connectivity index (χ1) is 10.2. The molecule has 0 unspecified atom stereocenters. The van der Waals surface area contributed by atoms with Gasteiger partial charge in [-0.25, -0.2) is 0 Å². The lowest BCUT2D eigenvalue weighted by molar-refractivity contribution is -0.114. The molecule has 0 spiro atoms. The zero-order chi connectivity index (χ0) is 14.8. The highest BCUT2D eigenvalue weighted by atomic mass is 16.5. The normalized spacial score (nSPS) is 13.3. The molecule has 0 radical (unpaired) electrons. The number of hydrogen-bond donors (Lipinski definition) is 1. The third kappa shape index (κ3) is 2.33. The van der Waals surface area contributed by atoms with Gasteiger partial charge in [-0.15, -0.1) is 0 Å². The molecule has 1 N–H and O–H groups in total. The van der Waals surface area contributed by atoms with Crippen molar-refractivity contribution in [2.45, 2.75) is 0 Å². The number of anilines is 2. The van der Waals surface area contributed by atoms with Gasteiger partial charge >= 0.3 is 5.91 Å². The summed E-state index contributed by atoms with van der Waals surface area (Å²) in [5, 5.41) is 3.13. The Morgan fingerprint density at radius 3 is 2.71 bits per heavy atom. The van der Waals surface area contributed by atoms with Gasteiger partial charge in [0, 0.05) is 11.8 Å². The minimum Gasteiger partial charge on any atom is -0.497 e. The molecule has 1 aliphatic heterocycles. The number of para-hydroxylation sites is 1. The summed E-state index contributed by atoms with van der Waals surface area (Å²) in [6.45, 7) is 0.231. The van der Waals surface area contributed by atoms with E-state index in [9.17, 15) is 9.59 Å². The number of ether oxygens (including phenoxy) is 1. The lowest BCUT2D eigenvalue weighted by Gasteiger charge is -2.18. The van der Waals surface area contributed by atoms with Gasteiger partial charge in [0.05, 0.1) is 25.0 Å². The maximum Gasteiger partial charge on any atom is 0.300 e. The molecular weight excluding hydrogens is 268 g/mol. The molecule has 2 aromatic carbocycles. The molecule has 5 heteroatoms. The number of nitrogens with zero attached hydrogens (tertiary/aromatic N) is 1. The number of fused-ring (bicyclic) bond motifs is 1. The molecule has 0 atom stereocenters. The van der Waals surface area contributed by atoms with E-state index in [0.29, 0.717) is 11.3 Å². The molecule has 2 aromatic rings. The third-order valence-electron chi connectivity index (χ3n) is 3.39. The molecule has 0 aliphatic carbocycles. The Bertz CT molecular complexity index is 712. The number of hydrogen-bond acceptors (Lipinski definition) is 4. The second-order valence-corrected chi connectivity index (χ2v) is 4.65. The molecule has 0 aromatic heterocycles. The van der Waals surface area contributed by atoms with Gasteiger partial charge < -0.3 is 10.1 Å². The summed E-state index contributed by atoms with van der Waals surface area (Å²) in [5.74, 6) is -0.242. The van der Waals surface area contributed by atoms with Crippen molar-refractivity contribution in [3.8, 4) is 5.75 Å². The number of carbonyl (C=O) groups excluding carboxylic acids is 2. The van der Waals surface area contributed by atoms with E-state index in [1.165, 1.54) is 4.90 Å². The van der Waals surface area contributed by atoms with Gasteiger partial charge in [-0.1, -0.05) is 18.2 Å². The van der Waals surface area contributed by atoms with Crippen LogP contribution < -0.4 is 15.0 Å². The van der Waals surface area contributed by atoms with Crippen LogP contribution in [0, 0.1) is 0 Å². The number of methoxy groups -OCH3 is 1. The highest BCUT2D eigenvalue weighted by Gasteiger charge is 2.35. The lowest BCUT2D eigenvalue weighted by Crippen LogP contribution is -2.34. The molecule has 1 heterocycles. The smallest absolute Gasteiger partial charge is 0.300 e. The van der Waals surface area contributed by atoms with E-state index in [4.69, 9.17) is 4.74 Å². The molecular formula is C16H14N2O3. The van der Waals surface area contributed by atoms with E-state index < -0.39 is 11.7 Å². The molecule has 0 fully saturated rings. The molecule has 106 valence electrons. The number of rotatable bonds is 4. The molecule has 3 rings (SSSR count). The fourth-order valence-electron chi connectivity index (χ4n) is 2.31. The zero-order valence-electron chi connectivity index (χ0n) is 11.5. The van der Waals surface area contributed by atoms with Gasteiger partial charge in [0.25, 0.3) is 5.78 Å². The number of nitrogens with one attached hydrogen (secondary N) is 1. The van der Waals surface area contributed by atoms with Crippen molar-refractivity contribution in [2.24, 2.45) is 0 Å². The summed E-state index contributed by atoms with van der Waals surface area (Å²) < 4.78 is 5.15. The first-order valence-corrected chi connectivity index (χ1v) is 6.54. The SMILES string of the molecule is COc1cccc(NCN2C(=O)C(=O)c3ccccc32)c1. The van der Waals surface area contributed by atoms with Gasteiger partial charge in [0.2, 0.25) is 0 Å². The van der Waals surface area contributed by atoms with Crippen molar-refractivity contribution in [1.29, 1.82) is 0 Å². The van der Waals surface area contributed by atoms with Crippen molar-refractivity contribution < 1.29 is 14.3 Å². The standard InChI is InChI=1S/C16H14N2O3/c1-21-12-6-4-5-11(9-12)17-10-18-14-8-3-2-7-13(14)15(19)16(18)20/h2-9,17H,10H2,1H3. The highest BCUT2D eigenvalue weighted by Crippen LogP contribution is 2.28. The van der Waals surface area contributed by atoms with Gasteiger partial charge in [-0.3, -0.25) is 14.5 Å². The number of Topliss-reactive ketones (excluding diaryl/α,β-unsaturated/α-hetero) is 1. The van der Waals surface area contributed by atoms with E-state index in [1.54, 1.807) is 25.3 Å². The average molecular weight is 282 g/mol. The van der Waals surface area contributed by atoms with E-state index in [1.807, 2.05) is 30.3 Å². The van der Waals surface area contributed by atoms with Crippen LogP contribution in [0.25, 0.3) is 0 Å². The first kappa shape index (κ1) is 13.2. The van der Waals surface area contributed by atoms with Crippen molar-refractivity contribution in [2.75, 3.05) is 24.0 Å². The predicted molar refractivity (Wildman–Crippen MR) is 79.7 cm³/mol. The minimum atomic E-state index is -0.508. The Morgan fingerprint density at radius 1 is 1.10 bits per heavy atom. The van der Waals surface area contributed by atoms with Crippen LogP contribution in [0.2, 0.25) is 0 Å². The van der Waals surface area contributed by atoms with Crippen molar-refractivity contribution in [1.82, 2.24) is 0 Å². The number of carbonyl (C=O) groups is 2. The Balaban J connectivity index is 1.79. The summed E-state index contributed by atoms with van der Waals surface area (Å²) in [6.07, 6.45) is 0. The van der Waals surface area contributed by atoms with Gasteiger partial charge in [-0.2, -0.15) is 0 Å². The molecule has 0 saturated heterocycles. The molecule has 21 heavy (non-hydrogen) atoms. The molecule has 5 nitrogen and oxygen atoms in total. The summed E-state index contributed by atoms with van der Waals surface area (Å²) in [7, 11) is 1.60. The van der Waals surface area contributed by atoms with Crippen LogP contribution in [0.15, 0.2) is 48.5 Å². The quantitative estimate of drug-likeness (QED) is 0.874. The van der Waals surface area contributed by atoms with Crippen LogP contribution in [0.1, 0.15) is 10.4 Å². The maximum absolute atomic E-state index is 12.0. The lowest BCUT2D eigenvalue weighted by atomic mass is 10.1. The molecule has 1 amide bonds. The van der Waals surface area contributed by atoms with Crippen LogP contribution in [-0.4, -0.2) is 25.5 Å². The maximum atomic E-state index is 12.0. The fraction of sp³-hybridized carbons (Fsp3) is 0.125. The predicted octanol–water partition coefficient (Wildman–Crippen LogP) is 2.29. The summed E-state index contributed by atoms with van der Waals surface area (Å²) >= 11 is 0. The molecule has 1 aliphatic rings. The van der Waals surface area contributed by atoms with E-state index in [2.05, 4.69) is 5.32 Å². The monoisotopic (exact) mass is 282 g/mol. The highest BCUT2D eigenvalue weighted by molar-refractivity contribution is 6.52. The average Bonchev–Trinajstić information content (AvgIpc) is 2.78. The van der Waals surface area contributed by atoms with Crippen LogP contribution in [-0.2, 0) is 4.79 Å². The Labute approximate surface area is 122 Å². The van der Waals surface area contributed by atoms with Crippen molar-refractivity contribution >= 4 is 23.1 Å². The Kier molecular flexibility index (Phi) is 3.31. The largest absolute Gasteiger partial charge is 0.497 e. The van der Waals surface area contributed by atoms with Gasteiger partial charge in [0.15, 0.2) is 0 Å². The number of ketones is 1. The summed E-state index contributed by atoms with van der Waals surface area (Å²) in [4.78, 5) is 25.3. The first-order valence-electron chi connectivity index (χ1n) is 6.54. The fourth-order valence-corrected chi connectivity index (χ4v) is 2.31. The second-order valence-electron chi connectivity index (χ2n) is 4.65. The van der Waals surface area contributed by atoms with Gasteiger partial charge in [0.1, 0.15) is 5.75 Å². The summed E-state index contributed by atoms with van der Waals surface area (Å²) in [5.41, 5.74) is 1.91. The second kappa shape index (κ2) is 5.28.